The summed E-state index contributed by atoms with van der Waals surface area (Å²) in [5, 5.41) is 9.99. The van der Waals surface area contributed by atoms with Crippen molar-refractivity contribution in [3.05, 3.63) is 24.0 Å². The molecule has 0 saturated carbocycles. The number of alkyl halides is 1. The zero-order valence-electron chi connectivity index (χ0n) is 5.42. The molecule has 0 saturated heterocycles. The van der Waals surface area contributed by atoms with Gasteiger partial charge in [0.2, 0.25) is 0 Å². The van der Waals surface area contributed by atoms with E-state index in [0.717, 1.165) is 17.4 Å². The third-order valence-electron chi connectivity index (χ3n) is 1.20. The first-order valence-corrected chi connectivity index (χ1v) is 4.15. The Bertz CT molecular complexity index is 215. The van der Waals surface area contributed by atoms with Gasteiger partial charge in [0.25, 0.3) is 0 Å². The minimum atomic E-state index is 0.280. The Morgan fingerprint density at radius 2 is 2.40 bits per heavy atom. The van der Waals surface area contributed by atoms with Gasteiger partial charge >= 0.3 is 0 Å². The van der Waals surface area contributed by atoms with Crippen LogP contribution in [0.5, 0.6) is 5.75 Å². The van der Waals surface area contributed by atoms with Crippen LogP contribution in [0.3, 0.4) is 0 Å². The fourth-order valence-electron chi connectivity index (χ4n) is 0.712. The largest absolute Gasteiger partial charge is 0.506 e. The molecular formula is C7H8BrNO. The van der Waals surface area contributed by atoms with Crippen molar-refractivity contribution in [3.8, 4) is 5.75 Å². The lowest BCUT2D eigenvalue weighted by molar-refractivity contribution is 0.465. The lowest BCUT2D eigenvalue weighted by atomic mass is 10.3. The molecule has 0 radical (unpaired) electrons. The maximum Gasteiger partial charge on any atom is 0.137 e. The average molecular weight is 202 g/mol. The number of halogens is 1. The molecule has 0 fully saturated rings. The molecule has 0 bridgehead atoms. The quantitative estimate of drug-likeness (QED) is 0.740. The average Bonchev–Trinajstić information content (AvgIpc) is 1.94. The molecule has 0 atom stereocenters. The van der Waals surface area contributed by atoms with Crippen LogP contribution in [0.25, 0.3) is 0 Å². The minimum absolute atomic E-state index is 0.280. The number of nitrogens with zero attached hydrogens (tertiary/aromatic N) is 1. The van der Waals surface area contributed by atoms with E-state index < -0.39 is 0 Å². The van der Waals surface area contributed by atoms with Crippen molar-refractivity contribution in [2.45, 2.75) is 6.42 Å². The Balaban J connectivity index is 2.81. The van der Waals surface area contributed by atoms with E-state index in [2.05, 4.69) is 20.9 Å². The Labute approximate surface area is 68.0 Å². The van der Waals surface area contributed by atoms with Crippen LogP contribution in [0.15, 0.2) is 18.3 Å². The SMILES string of the molecule is Oc1cccnc1CCBr. The fraction of sp³-hybridized carbons (Fsp3) is 0.286. The molecule has 0 unspecified atom stereocenters. The zero-order valence-corrected chi connectivity index (χ0v) is 7.00. The number of aromatic hydroxyl groups is 1. The van der Waals surface area contributed by atoms with Crippen LogP contribution < -0.4 is 0 Å². The minimum Gasteiger partial charge on any atom is -0.506 e. The van der Waals surface area contributed by atoms with Crippen LogP contribution in [0.2, 0.25) is 0 Å². The van der Waals surface area contributed by atoms with Crippen LogP contribution in [-0.4, -0.2) is 15.4 Å². The smallest absolute Gasteiger partial charge is 0.137 e. The van der Waals surface area contributed by atoms with E-state index in [4.69, 9.17) is 5.11 Å². The monoisotopic (exact) mass is 201 g/mol. The summed E-state index contributed by atoms with van der Waals surface area (Å²) in [5.41, 5.74) is 0.749. The summed E-state index contributed by atoms with van der Waals surface area (Å²) < 4.78 is 0. The lowest BCUT2D eigenvalue weighted by Crippen LogP contribution is -1.89. The van der Waals surface area contributed by atoms with E-state index >= 15 is 0 Å². The Kier molecular flexibility index (Phi) is 2.68. The van der Waals surface area contributed by atoms with E-state index in [0.29, 0.717) is 0 Å². The van der Waals surface area contributed by atoms with Gasteiger partial charge < -0.3 is 5.11 Å². The van der Waals surface area contributed by atoms with Gasteiger partial charge in [0, 0.05) is 17.9 Å². The van der Waals surface area contributed by atoms with Crippen molar-refractivity contribution < 1.29 is 5.11 Å². The second-order valence-corrected chi connectivity index (χ2v) is 2.70. The summed E-state index contributed by atoms with van der Waals surface area (Å²) in [5.74, 6) is 0.280. The first-order valence-electron chi connectivity index (χ1n) is 3.03. The van der Waals surface area contributed by atoms with Crippen molar-refractivity contribution in [2.75, 3.05) is 5.33 Å². The third-order valence-corrected chi connectivity index (χ3v) is 1.59. The molecule has 10 heavy (non-hydrogen) atoms. The summed E-state index contributed by atoms with van der Waals surface area (Å²) in [6.45, 7) is 0. The molecule has 0 amide bonds. The number of pyridine rings is 1. The summed E-state index contributed by atoms with van der Waals surface area (Å²) in [4.78, 5) is 3.99. The molecule has 0 aromatic carbocycles. The van der Waals surface area contributed by atoms with E-state index in [9.17, 15) is 0 Å². The van der Waals surface area contributed by atoms with Gasteiger partial charge in [-0.15, -0.1) is 0 Å². The molecular weight excluding hydrogens is 194 g/mol. The van der Waals surface area contributed by atoms with Crippen LogP contribution in [-0.2, 0) is 6.42 Å². The highest BCUT2D eigenvalue weighted by atomic mass is 79.9. The Morgan fingerprint density at radius 1 is 1.60 bits per heavy atom. The highest BCUT2D eigenvalue weighted by molar-refractivity contribution is 9.09. The van der Waals surface area contributed by atoms with Crippen LogP contribution in [0.4, 0.5) is 0 Å². The molecule has 1 aromatic heterocycles. The van der Waals surface area contributed by atoms with Crippen LogP contribution in [0.1, 0.15) is 5.69 Å². The fourth-order valence-corrected chi connectivity index (χ4v) is 1.09. The van der Waals surface area contributed by atoms with Crippen molar-refractivity contribution >= 4 is 15.9 Å². The molecule has 1 aromatic rings. The van der Waals surface area contributed by atoms with E-state index in [-0.39, 0.29) is 5.75 Å². The number of rotatable bonds is 2. The standard InChI is InChI=1S/C7H8BrNO/c8-4-3-6-7(10)2-1-5-9-6/h1-2,5,10H,3-4H2. The Hall–Kier alpha value is -0.570. The summed E-state index contributed by atoms with van der Waals surface area (Å²) >= 11 is 3.27. The van der Waals surface area contributed by atoms with Gasteiger partial charge in [-0.05, 0) is 12.1 Å². The molecule has 2 nitrogen and oxygen atoms in total. The molecule has 1 N–H and O–H groups in total. The molecule has 3 heteroatoms. The number of aromatic nitrogens is 1. The molecule has 0 aliphatic carbocycles. The summed E-state index contributed by atoms with van der Waals surface area (Å²) in [6.07, 6.45) is 2.45. The highest BCUT2D eigenvalue weighted by Crippen LogP contribution is 2.13. The van der Waals surface area contributed by atoms with E-state index in [1.165, 1.54) is 0 Å². The molecule has 54 valence electrons. The van der Waals surface area contributed by atoms with Crippen molar-refractivity contribution in [1.29, 1.82) is 0 Å². The molecule has 0 aliphatic rings. The van der Waals surface area contributed by atoms with Gasteiger partial charge in [0.15, 0.2) is 0 Å². The maximum absolute atomic E-state index is 9.16. The third kappa shape index (κ3) is 1.70. The first kappa shape index (κ1) is 7.54. The molecule has 0 aliphatic heterocycles. The van der Waals surface area contributed by atoms with Crippen LogP contribution in [0, 0.1) is 0 Å². The second kappa shape index (κ2) is 3.56. The first-order chi connectivity index (χ1) is 4.84. The maximum atomic E-state index is 9.16. The van der Waals surface area contributed by atoms with E-state index in [1.54, 1.807) is 18.3 Å². The molecule has 1 heterocycles. The summed E-state index contributed by atoms with van der Waals surface area (Å²) in [7, 11) is 0. The zero-order chi connectivity index (χ0) is 7.40. The van der Waals surface area contributed by atoms with Gasteiger partial charge in [-0.25, -0.2) is 0 Å². The van der Waals surface area contributed by atoms with Gasteiger partial charge in [0.05, 0.1) is 5.69 Å². The van der Waals surface area contributed by atoms with Gasteiger partial charge in [0.1, 0.15) is 5.75 Å². The van der Waals surface area contributed by atoms with Gasteiger partial charge in [-0.2, -0.15) is 0 Å². The molecule has 0 spiro atoms. The van der Waals surface area contributed by atoms with Crippen molar-refractivity contribution in [2.24, 2.45) is 0 Å². The van der Waals surface area contributed by atoms with Crippen LogP contribution >= 0.6 is 15.9 Å². The summed E-state index contributed by atoms with van der Waals surface area (Å²) in [6, 6.07) is 3.36. The Morgan fingerprint density at radius 3 is 3.00 bits per heavy atom. The number of hydrogen-bond acceptors (Lipinski definition) is 2. The molecule has 1 rings (SSSR count). The normalized spacial score (nSPS) is 9.70. The predicted molar refractivity (Wildman–Crippen MR) is 43.4 cm³/mol. The van der Waals surface area contributed by atoms with Gasteiger partial charge in [-0.3, -0.25) is 4.98 Å². The number of aryl methyl sites for hydroxylation is 1. The number of hydrogen-bond donors (Lipinski definition) is 1. The van der Waals surface area contributed by atoms with Crippen molar-refractivity contribution in [3.63, 3.8) is 0 Å². The predicted octanol–water partition coefficient (Wildman–Crippen LogP) is 1.72. The van der Waals surface area contributed by atoms with E-state index in [1.807, 2.05) is 0 Å². The van der Waals surface area contributed by atoms with Crippen molar-refractivity contribution in [1.82, 2.24) is 4.98 Å². The second-order valence-electron chi connectivity index (χ2n) is 1.91. The highest BCUT2D eigenvalue weighted by Gasteiger charge is 1.97. The lowest BCUT2D eigenvalue weighted by Gasteiger charge is -1.97. The topological polar surface area (TPSA) is 33.1 Å². The van der Waals surface area contributed by atoms with Gasteiger partial charge in [-0.1, -0.05) is 15.9 Å².